The Labute approximate surface area is 217 Å². The van der Waals surface area contributed by atoms with Crippen molar-refractivity contribution in [3.8, 4) is 0 Å². The molecular formula is C26H30F3N5O2S. The van der Waals surface area contributed by atoms with E-state index in [4.69, 9.17) is 5.73 Å². The van der Waals surface area contributed by atoms with Crippen molar-refractivity contribution in [1.29, 1.82) is 0 Å². The fourth-order valence-corrected chi connectivity index (χ4v) is 5.89. The molecule has 2 atom stereocenters. The summed E-state index contributed by atoms with van der Waals surface area (Å²) in [5.74, 6) is -1.02. The van der Waals surface area contributed by atoms with E-state index in [-0.39, 0.29) is 19.0 Å². The van der Waals surface area contributed by atoms with Crippen molar-refractivity contribution in [2.24, 2.45) is 11.1 Å². The molecule has 1 aromatic heterocycles. The van der Waals surface area contributed by atoms with Gasteiger partial charge in [0.05, 0.1) is 11.0 Å². The summed E-state index contributed by atoms with van der Waals surface area (Å²) in [5, 5.41) is 11.7. The molecule has 37 heavy (non-hydrogen) atoms. The number of carbonyl (C=O) groups is 2. The van der Waals surface area contributed by atoms with Crippen LogP contribution in [0.25, 0.3) is 5.57 Å². The first-order chi connectivity index (χ1) is 17.2. The van der Waals surface area contributed by atoms with E-state index < -0.39 is 34.5 Å². The number of amides is 3. The van der Waals surface area contributed by atoms with Gasteiger partial charge >= 0.3 is 12.2 Å². The van der Waals surface area contributed by atoms with Gasteiger partial charge in [0.15, 0.2) is 0 Å². The van der Waals surface area contributed by atoms with Gasteiger partial charge < -0.3 is 16.0 Å². The molecule has 2 heterocycles. The summed E-state index contributed by atoms with van der Waals surface area (Å²) < 4.78 is 40.4. The third-order valence-corrected chi connectivity index (χ3v) is 7.91. The molecule has 2 aromatic rings. The number of rotatable bonds is 4. The van der Waals surface area contributed by atoms with E-state index in [9.17, 15) is 22.8 Å². The maximum absolute atomic E-state index is 13.5. The quantitative estimate of drug-likeness (QED) is 0.569. The Hall–Kier alpha value is -3.21. The molecule has 1 aliphatic heterocycles. The van der Waals surface area contributed by atoms with Gasteiger partial charge in [-0.3, -0.25) is 4.79 Å². The number of benzene rings is 1. The molecule has 3 N–H and O–H groups in total. The highest BCUT2D eigenvalue weighted by Crippen LogP contribution is 2.53. The van der Waals surface area contributed by atoms with Crippen LogP contribution in [0.2, 0.25) is 0 Å². The summed E-state index contributed by atoms with van der Waals surface area (Å²) >= 11 is 1.31. The number of carbonyl (C=O) groups excluding carboxylic acids is 2. The standard InChI is InChI=1S/C26H30F3N5O2S/c1-15(21-33-31-14-37-21)25(22(30)35)10-8-18(16-6-5-7-17(12-16)26(27,28)29)19-9-11-34(13-20(19)25)23(36)32-24(2,3)4/h5-8,12,14-15H,9-11,13H2,1-4H3,(H2,30,35)(H,32,36). The summed E-state index contributed by atoms with van der Waals surface area (Å²) in [4.78, 5) is 28.0. The van der Waals surface area contributed by atoms with Gasteiger partial charge in [0.1, 0.15) is 10.5 Å². The highest BCUT2D eigenvalue weighted by atomic mass is 32.1. The van der Waals surface area contributed by atoms with Crippen LogP contribution in [0.15, 0.2) is 47.0 Å². The first-order valence-corrected chi connectivity index (χ1v) is 12.9. The van der Waals surface area contributed by atoms with Crippen molar-refractivity contribution in [2.75, 3.05) is 13.1 Å². The third kappa shape index (κ3) is 5.14. The van der Waals surface area contributed by atoms with Crippen molar-refractivity contribution >= 4 is 28.8 Å². The van der Waals surface area contributed by atoms with Crippen LogP contribution in [-0.4, -0.2) is 45.7 Å². The molecule has 0 fully saturated rings. The second kappa shape index (κ2) is 9.59. The molecule has 0 saturated carbocycles. The lowest BCUT2D eigenvalue weighted by Crippen LogP contribution is -2.54. The maximum atomic E-state index is 13.5. The van der Waals surface area contributed by atoms with Gasteiger partial charge in [-0.1, -0.05) is 25.1 Å². The lowest BCUT2D eigenvalue weighted by atomic mass is 9.61. The molecule has 2 unspecified atom stereocenters. The Kier molecular flexibility index (Phi) is 6.96. The predicted molar refractivity (Wildman–Crippen MR) is 135 cm³/mol. The van der Waals surface area contributed by atoms with E-state index in [1.54, 1.807) is 16.5 Å². The zero-order valence-electron chi connectivity index (χ0n) is 21.1. The molecule has 0 bridgehead atoms. The first kappa shape index (κ1) is 26.8. The molecule has 0 saturated heterocycles. The van der Waals surface area contributed by atoms with Gasteiger partial charge in [0, 0.05) is 24.5 Å². The monoisotopic (exact) mass is 533 g/mol. The first-order valence-electron chi connectivity index (χ1n) is 12.0. The van der Waals surface area contributed by atoms with Gasteiger partial charge in [0.25, 0.3) is 0 Å². The van der Waals surface area contributed by atoms with Gasteiger partial charge in [-0.25, -0.2) is 4.79 Å². The molecule has 3 amide bonds. The van der Waals surface area contributed by atoms with Crippen LogP contribution in [-0.2, 0) is 11.0 Å². The number of nitrogens with two attached hydrogens (primary N) is 1. The normalized spacial score (nSPS) is 21.3. The van der Waals surface area contributed by atoms with Crippen LogP contribution in [0, 0.1) is 5.41 Å². The van der Waals surface area contributed by atoms with E-state index in [1.807, 2.05) is 33.8 Å². The molecule has 2 aliphatic rings. The summed E-state index contributed by atoms with van der Waals surface area (Å²) in [6.07, 6.45) is -2.14. The second-order valence-electron chi connectivity index (χ2n) is 10.5. The number of hydrogen-bond donors (Lipinski definition) is 2. The average Bonchev–Trinajstić information content (AvgIpc) is 3.36. The van der Waals surface area contributed by atoms with Crippen LogP contribution in [0.1, 0.15) is 62.6 Å². The smallest absolute Gasteiger partial charge is 0.369 e. The van der Waals surface area contributed by atoms with Crippen molar-refractivity contribution in [1.82, 2.24) is 20.4 Å². The number of halogens is 3. The number of urea groups is 1. The Bertz CT molecular complexity index is 1260. The van der Waals surface area contributed by atoms with Crippen LogP contribution in [0.5, 0.6) is 0 Å². The third-order valence-electron chi connectivity index (χ3n) is 7.03. The van der Waals surface area contributed by atoms with Gasteiger partial charge in [-0.05, 0) is 68.0 Å². The van der Waals surface area contributed by atoms with Gasteiger partial charge in [0.2, 0.25) is 5.91 Å². The molecule has 7 nitrogen and oxygen atoms in total. The number of aromatic nitrogens is 2. The number of nitrogens with zero attached hydrogens (tertiary/aromatic N) is 3. The number of alkyl halides is 3. The van der Waals surface area contributed by atoms with Crippen LogP contribution in [0.3, 0.4) is 0 Å². The zero-order valence-corrected chi connectivity index (χ0v) is 22.0. The minimum absolute atomic E-state index is 0.125. The summed E-state index contributed by atoms with van der Waals surface area (Å²) in [5.41, 5.74) is 7.69. The Morgan fingerprint density at radius 3 is 2.57 bits per heavy atom. The Balaban J connectivity index is 1.85. The maximum Gasteiger partial charge on any atom is 0.416 e. The van der Waals surface area contributed by atoms with Crippen molar-refractivity contribution in [3.05, 3.63) is 63.1 Å². The van der Waals surface area contributed by atoms with E-state index >= 15 is 0 Å². The summed E-state index contributed by atoms with van der Waals surface area (Å²) in [6.45, 7) is 7.95. The van der Waals surface area contributed by atoms with Crippen LogP contribution in [0.4, 0.5) is 18.0 Å². The van der Waals surface area contributed by atoms with Crippen LogP contribution >= 0.6 is 11.3 Å². The molecule has 11 heteroatoms. The molecule has 0 radical (unpaired) electrons. The lowest BCUT2D eigenvalue weighted by molar-refractivity contribution is -0.137. The minimum atomic E-state index is -4.49. The fourth-order valence-electron chi connectivity index (χ4n) is 5.19. The van der Waals surface area contributed by atoms with Crippen molar-refractivity contribution in [2.45, 2.75) is 58.2 Å². The fraction of sp³-hybridized carbons (Fsp3) is 0.462. The molecule has 4 rings (SSSR count). The van der Waals surface area contributed by atoms with Crippen LogP contribution < -0.4 is 11.1 Å². The molecule has 198 valence electrons. The number of hydrogen-bond acceptors (Lipinski definition) is 5. The summed E-state index contributed by atoms with van der Waals surface area (Å²) in [6, 6.07) is 4.89. The largest absolute Gasteiger partial charge is 0.416 e. The highest BCUT2D eigenvalue weighted by molar-refractivity contribution is 7.09. The Morgan fingerprint density at radius 1 is 1.24 bits per heavy atom. The second-order valence-corrected chi connectivity index (χ2v) is 11.4. The van der Waals surface area contributed by atoms with Gasteiger partial charge in [-0.15, -0.1) is 21.5 Å². The summed E-state index contributed by atoms with van der Waals surface area (Å²) in [7, 11) is 0. The number of allylic oxidation sites excluding steroid dienone is 2. The highest BCUT2D eigenvalue weighted by Gasteiger charge is 2.51. The minimum Gasteiger partial charge on any atom is -0.369 e. The van der Waals surface area contributed by atoms with Gasteiger partial charge in [-0.2, -0.15) is 13.2 Å². The number of nitrogens with one attached hydrogen (secondary N) is 1. The van der Waals surface area contributed by atoms with Crippen molar-refractivity contribution < 1.29 is 22.8 Å². The van der Waals surface area contributed by atoms with E-state index in [1.165, 1.54) is 17.4 Å². The molecule has 0 spiro atoms. The zero-order chi connectivity index (χ0) is 27.2. The number of primary amides is 1. The average molecular weight is 534 g/mol. The van der Waals surface area contributed by atoms with Crippen molar-refractivity contribution in [3.63, 3.8) is 0 Å². The topological polar surface area (TPSA) is 101 Å². The lowest BCUT2D eigenvalue weighted by Gasteiger charge is -2.46. The SMILES string of the molecule is CC(c1nncs1)C1(C(N)=O)CC=C(c2cccc(C(F)(F)F)c2)C2=C1CN(C(=O)NC(C)(C)C)CC2. The molecule has 1 aliphatic carbocycles. The van der Waals surface area contributed by atoms with E-state index in [0.717, 1.165) is 17.7 Å². The van der Waals surface area contributed by atoms with E-state index in [0.29, 0.717) is 34.7 Å². The molecule has 1 aromatic carbocycles. The predicted octanol–water partition coefficient (Wildman–Crippen LogP) is 5.13. The van der Waals surface area contributed by atoms with E-state index in [2.05, 4.69) is 15.5 Å². The Morgan fingerprint density at radius 2 is 1.97 bits per heavy atom. The molecular weight excluding hydrogens is 503 g/mol.